The Hall–Kier alpha value is -4.16. The predicted octanol–water partition coefficient (Wildman–Crippen LogP) is 5.34. The molecule has 0 spiro atoms. The first-order chi connectivity index (χ1) is 16.6. The maximum absolute atomic E-state index is 13.1. The highest BCUT2D eigenvalue weighted by atomic mass is 35.5. The zero-order valence-electron chi connectivity index (χ0n) is 18.2. The average molecular weight is 469 g/mol. The van der Waals surface area contributed by atoms with Crippen molar-refractivity contribution in [1.82, 2.24) is 20.0 Å². The van der Waals surface area contributed by atoms with Crippen LogP contribution < -0.4 is 5.32 Å². The normalized spacial score (nSPS) is 14.6. The van der Waals surface area contributed by atoms with Crippen molar-refractivity contribution in [3.63, 3.8) is 0 Å². The molecule has 1 aliphatic rings. The number of imide groups is 1. The van der Waals surface area contributed by atoms with Gasteiger partial charge in [-0.25, -0.2) is 4.79 Å². The second kappa shape index (κ2) is 9.37. The van der Waals surface area contributed by atoms with E-state index in [9.17, 15) is 9.59 Å². The molecule has 3 aromatic carbocycles. The maximum atomic E-state index is 13.1. The van der Waals surface area contributed by atoms with Gasteiger partial charge in [0.1, 0.15) is 5.70 Å². The zero-order valence-corrected chi connectivity index (χ0v) is 18.9. The summed E-state index contributed by atoms with van der Waals surface area (Å²) >= 11 is 5.94. The topological polar surface area (TPSA) is 67.2 Å². The van der Waals surface area contributed by atoms with Gasteiger partial charge in [0.25, 0.3) is 5.91 Å². The van der Waals surface area contributed by atoms with Crippen LogP contribution in [0.15, 0.2) is 96.8 Å². The maximum Gasteiger partial charge on any atom is 0.329 e. The Kier molecular flexibility index (Phi) is 5.97. The van der Waals surface area contributed by atoms with Crippen LogP contribution in [0.3, 0.4) is 0 Å². The smallest absolute Gasteiger partial charge is 0.303 e. The van der Waals surface area contributed by atoms with Gasteiger partial charge in [0.15, 0.2) is 0 Å². The molecule has 0 unspecified atom stereocenters. The number of carbonyl (C=O) groups is 2. The van der Waals surface area contributed by atoms with Crippen molar-refractivity contribution in [2.45, 2.75) is 13.1 Å². The van der Waals surface area contributed by atoms with Crippen molar-refractivity contribution >= 4 is 29.6 Å². The quantitative estimate of drug-likeness (QED) is 0.306. The number of hydrogen-bond donors (Lipinski definition) is 1. The van der Waals surface area contributed by atoms with E-state index in [-0.39, 0.29) is 18.1 Å². The molecule has 4 aromatic rings. The van der Waals surface area contributed by atoms with Crippen LogP contribution in [0, 0.1) is 0 Å². The molecule has 1 N–H and O–H groups in total. The third-order valence-electron chi connectivity index (χ3n) is 5.54. The van der Waals surface area contributed by atoms with Crippen molar-refractivity contribution in [2.75, 3.05) is 0 Å². The summed E-state index contributed by atoms with van der Waals surface area (Å²) < 4.78 is 1.84. The Balaban J connectivity index is 1.46. The molecule has 7 heteroatoms. The van der Waals surface area contributed by atoms with Gasteiger partial charge >= 0.3 is 6.03 Å². The molecule has 3 amide bonds. The zero-order chi connectivity index (χ0) is 23.5. The van der Waals surface area contributed by atoms with Gasteiger partial charge in [-0.05, 0) is 29.3 Å². The van der Waals surface area contributed by atoms with E-state index in [0.29, 0.717) is 11.6 Å². The number of halogens is 1. The molecule has 1 saturated heterocycles. The molecule has 0 aliphatic carbocycles. The molecule has 1 aromatic heterocycles. The van der Waals surface area contributed by atoms with Crippen molar-refractivity contribution in [3.05, 3.63) is 119 Å². The Labute approximate surface area is 202 Å². The van der Waals surface area contributed by atoms with E-state index in [2.05, 4.69) is 5.32 Å². The largest absolute Gasteiger partial charge is 0.329 e. The molecular formula is C27H21ClN4O2. The SMILES string of the molecule is O=C1N/C(=C\c2cn(Cc3ccccc3)nc2-c2ccccc2)C(=O)N1Cc1ccc(Cl)cc1. The van der Waals surface area contributed by atoms with E-state index >= 15 is 0 Å². The molecule has 1 fully saturated rings. The minimum Gasteiger partial charge on any atom is -0.303 e. The number of rotatable bonds is 6. The first kappa shape index (κ1) is 21.7. The Bertz CT molecular complexity index is 1360. The lowest BCUT2D eigenvalue weighted by molar-refractivity contribution is -0.123. The molecule has 0 bridgehead atoms. The summed E-state index contributed by atoms with van der Waals surface area (Å²) in [7, 11) is 0. The van der Waals surface area contributed by atoms with Crippen molar-refractivity contribution in [3.8, 4) is 11.3 Å². The molecular weight excluding hydrogens is 448 g/mol. The first-order valence-corrected chi connectivity index (χ1v) is 11.2. The minimum atomic E-state index is -0.455. The third-order valence-corrected chi connectivity index (χ3v) is 5.79. The summed E-state index contributed by atoms with van der Waals surface area (Å²) in [6, 6.07) is 26.4. The fourth-order valence-electron chi connectivity index (χ4n) is 3.86. The number of benzene rings is 3. The lowest BCUT2D eigenvalue weighted by Gasteiger charge is -2.11. The highest BCUT2D eigenvalue weighted by Gasteiger charge is 2.33. The highest BCUT2D eigenvalue weighted by Crippen LogP contribution is 2.26. The van der Waals surface area contributed by atoms with E-state index in [1.807, 2.05) is 71.5 Å². The number of carbonyl (C=O) groups excluding carboxylic acids is 2. The molecule has 0 atom stereocenters. The molecule has 1 aliphatic heterocycles. The fraction of sp³-hybridized carbons (Fsp3) is 0.0741. The average Bonchev–Trinajstić information content (AvgIpc) is 3.37. The van der Waals surface area contributed by atoms with E-state index in [1.165, 1.54) is 4.90 Å². The Morgan fingerprint density at radius 3 is 2.18 bits per heavy atom. The third kappa shape index (κ3) is 4.63. The lowest BCUT2D eigenvalue weighted by atomic mass is 10.1. The summed E-state index contributed by atoms with van der Waals surface area (Å²) in [5, 5.41) is 8.09. The van der Waals surface area contributed by atoms with E-state index in [4.69, 9.17) is 16.7 Å². The monoisotopic (exact) mass is 468 g/mol. The Morgan fingerprint density at radius 2 is 1.47 bits per heavy atom. The highest BCUT2D eigenvalue weighted by molar-refractivity contribution is 6.30. The number of urea groups is 1. The van der Waals surface area contributed by atoms with Gasteiger partial charge in [0.2, 0.25) is 0 Å². The number of nitrogens with zero attached hydrogens (tertiary/aromatic N) is 3. The van der Waals surface area contributed by atoms with Crippen LogP contribution in [0.5, 0.6) is 0 Å². The summed E-state index contributed by atoms with van der Waals surface area (Å²) in [6.07, 6.45) is 3.59. The predicted molar refractivity (Wildman–Crippen MR) is 132 cm³/mol. The van der Waals surface area contributed by atoms with Crippen molar-refractivity contribution in [1.29, 1.82) is 0 Å². The second-order valence-electron chi connectivity index (χ2n) is 7.99. The molecule has 0 radical (unpaired) electrons. The summed E-state index contributed by atoms with van der Waals surface area (Å²) in [5.74, 6) is -0.380. The first-order valence-electron chi connectivity index (χ1n) is 10.8. The van der Waals surface area contributed by atoms with Gasteiger partial charge in [-0.3, -0.25) is 14.4 Å². The van der Waals surface area contributed by atoms with Crippen LogP contribution in [0.2, 0.25) is 5.02 Å². The summed E-state index contributed by atoms with van der Waals surface area (Å²) in [6.45, 7) is 0.755. The van der Waals surface area contributed by atoms with Crippen LogP contribution in [0.4, 0.5) is 4.79 Å². The van der Waals surface area contributed by atoms with E-state index in [1.54, 1.807) is 30.3 Å². The van der Waals surface area contributed by atoms with Crippen molar-refractivity contribution < 1.29 is 9.59 Å². The number of hydrogen-bond acceptors (Lipinski definition) is 3. The summed E-state index contributed by atoms with van der Waals surface area (Å²) in [4.78, 5) is 26.8. The van der Waals surface area contributed by atoms with Crippen LogP contribution >= 0.6 is 11.6 Å². The lowest BCUT2D eigenvalue weighted by Crippen LogP contribution is -2.30. The number of nitrogens with one attached hydrogen (secondary N) is 1. The van der Waals surface area contributed by atoms with Crippen LogP contribution in [0.1, 0.15) is 16.7 Å². The van der Waals surface area contributed by atoms with Crippen LogP contribution in [-0.4, -0.2) is 26.6 Å². The minimum absolute atomic E-state index is 0.165. The van der Waals surface area contributed by atoms with Gasteiger partial charge in [-0.1, -0.05) is 84.4 Å². The molecule has 34 heavy (non-hydrogen) atoms. The molecule has 168 valence electrons. The van der Waals surface area contributed by atoms with E-state index < -0.39 is 6.03 Å². The molecule has 5 rings (SSSR count). The molecule has 6 nitrogen and oxygen atoms in total. The number of aromatic nitrogens is 2. The standard InChI is InChI=1S/C27H21ClN4O2/c28-23-13-11-20(12-14-23)17-32-26(33)24(29-27(32)34)15-22-18-31(16-19-7-3-1-4-8-19)30-25(22)21-9-5-2-6-10-21/h1-15,18H,16-17H2,(H,29,34)/b24-15-. The van der Waals surface area contributed by atoms with Gasteiger partial charge in [0, 0.05) is 22.3 Å². The van der Waals surface area contributed by atoms with Gasteiger partial charge < -0.3 is 5.32 Å². The van der Waals surface area contributed by atoms with Crippen LogP contribution in [0.25, 0.3) is 17.3 Å². The van der Waals surface area contributed by atoms with Gasteiger partial charge in [0.05, 0.1) is 18.8 Å². The second-order valence-corrected chi connectivity index (χ2v) is 8.42. The van der Waals surface area contributed by atoms with Gasteiger partial charge in [-0.2, -0.15) is 5.10 Å². The van der Waals surface area contributed by atoms with Gasteiger partial charge in [-0.15, -0.1) is 0 Å². The summed E-state index contributed by atoms with van der Waals surface area (Å²) in [5.41, 5.74) is 4.56. The number of amides is 3. The Morgan fingerprint density at radius 1 is 0.824 bits per heavy atom. The van der Waals surface area contributed by atoms with Crippen molar-refractivity contribution in [2.24, 2.45) is 0 Å². The molecule has 2 heterocycles. The van der Waals surface area contributed by atoms with E-state index in [0.717, 1.165) is 27.9 Å². The fourth-order valence-corrected chi connectivity index (χ4v) is 3.98. The molecule has 0 saturated carbocycles. The van der Waals surface area contributed by atoms with Crippen LogP contribution in [-0.2, 0) is 17.9 Å².